The van der Waals surface area contributed by atoms with Gasteiger partial charge in [0.15, 0.2) is 0 Å². The van der Waals surface area contributed by atoms with Crippen LogP contribution in [-0.2, 0) is 17.9 Å². The lowest BCUT2D eigenvalue weighted by molar-refractivity contribution is -0.128. The minimum Gasteiger partial charge on any atom is -0.497 e. The van der Waals surface area contributed by atoms with Crippen molar-refractivity contribution in [3.63, 3.8) is 0 Å². The highest BCUT2D eigenvalue weighted by Gasteiger charge is 2.39. The first kappa shape index (κ1) is 28.8. The number of hydrogen-bond donors (Lipinski definition) is 2. The van der Waals surface area contributed by atoms with Gasteiger partial charge < -0.3 is 20.7 Å². The first-order valence-corrected chi connectivity index (χ1v) is 15.9. The van der Waals surface area contributed by atoms with Crippen LogP contribution in [0.5, 0.6) is 5.75 Å². The number of nitrogens with one attached hydrogen (secondary N) is 1. The SMILES string of the molecule is COc1cccc(C(=O)N2CCC(N(Cc3cccs3)Cc3ccc(C)s3)C[C@@H]2C(=O)NC2CCC(N)CC2)c1. The van der Waals surface area contributed by atoms with Gasteiger partial charge in [-0.3, -0.25) is 14.5 Å². The summed E-state index contributed by atoms with van der Waals surface area (Å²) in [6.07, 6.45) is 5.01. The maximum absolute atomic E-state index is 13.9. The van der Waals surface area contributed by atoms with Crippen molar-refractivity contribution >= 4 is 34.5 Å². The predicted molar refractivity (Wildman–Crippen MR) is 162 cm³/mol. The first-order valence-electron chi connectivity index (χ1n) is 14.2. The summed E-state index contributed by atoms with van der Waals surface area (Å²) in [6.45, 7) is 4.33. The molecule has 2 aliphatic rings. The van der Waals surface area contributed by atoms with E-state index in [1.807, 2.05) is 23.5 Å². The fourth-order valence-electron chi connectivity index (χ4n) is 5.94. The van der Waals surface area contributed by atoms with Crippen molar-refractivity contribution in [3.05, 3.63) is 74.1 Å². The summed E-state index contributed by atoms with van der Waals surface area (Å²) in [5, 5.41) is 5.41. The van der Waals surface area contributed by atoms with Crippen molar-refractivity contribution in [2.45, 2.75) is 82.7 Å². The number of nitrogens with zero attached hydrogens (tertiary/aromatic N) is 2. The number of nitrogens with two attached hydrogens (primary N) is 1. The van der Waals surface area contributed by atoms with Gasteiger partial charge in [-0.15, -0.1) is 22.7 Å². The average Bonchev–Trinajstić information content (AvgIpc) is 3.64. The number of rotatable bonds is 9. The summed E-state index contributed by atoms with van der Waals surface area (Å²) in [6, 6.07) is 15.8. The van der Waals surface area contributed by atoms with Crippen LogP contribution in [0.25, 0.3) is 0 Å². The Morgan fingerprint density at radius 3 is 2.55 bits per heavy atom. The normalized spacial score (nSPS) is 23.2. The van der Waals surface area contributed by atoms with Crippen molar-refractivity contribution in [2.24, 2.45) is 5.73 Å². The summed E-state index contributed by atoms with van der Waals surface area (Å²) in [7, 11) is 1.60. The maximum atomic E-state index is 13.9. The third-order valence-corrected chi connectivity index (χ3v) is 10.0. The van der Waals surface area contributed by atoms with Gasteiger partial charge in [0.05, 0.1) is 7.11 Å². The molecule has 0 bridgehead atoms. The number of likely N-dealkylation sites (tertiary alicyclic amines) is 1. The number of carbonyl (C=O) groups excluding carboxylic acids is 2. The van der Waals surface area contributed by atoms with Crippen LogP contribution >= 0.6 is 22.7 Å². The van der Waals surface area contributed by atoms with Crippen LogP contribution < -0.4 is 15.8 Å². The summed E-state index contributed by atoms with van der Waals surface area (Å²) >= 11 is 3.59. The van der Waals surface area contributed by atoms with Crippen molar-refractivity contribution in [1.82, 2.24) is 15.1 Å². The highest BCUT2D eigenvalue weighted by Crippen LogP contribution is 2.30. The monoisotopic (exact) mass is 580 g/mol. The third-order valence-electron chi connectivity index (χ3n) is 8.18. The Balaban J connectivity index is 1.38. The molecule has 1 aromatic carbocycles. The van der Waals surface area contributed by atoms with Gasteiger partial charge in [0.1, 0.15) is 11.8 Å². The number of carbonyl (C=O) groups is 2. The molecule has 1 saturated carbocycles. The molecule has 0 spiro atoms. The van der Waals surface area contributed by atoms with E-state index in [2.05, 4.69) is 46.8 Å². The molecule has 40 heavy (non-hydrogen) atoms. The van der Waals surface area contributed by atoms with Crippen molar-refractivity contribution in [2.75, 3.05) is 13.7 Å². The zero-order valence-corrected chi connectivity index (χ0v) is 25.0. The number of ether oxygens (including phenoxy) is 1. The highest BCUT2D eigenvalue weighted by molar-refractivity contribution is 7.11. The molecular formula is C31H40N4O3S2. The van der Waals surface area contributed by atoms with Gasteiger partial charge in [-0.05, 0) is 87.2 Å². The Bertz CT molecular complexity index is 1270. The van der Waals surface area contributed by atoms with E-state index in [1.54, 1.807) is 35.5 Å². The Kier molecular flexibility index (Phi) is 9.57. The smallest absolute Gasteiger partial charge is 0.254 e. The van der Waals surface area contributed by atoms with E-state index < -0.39 is 6.04 Å². The first-order chi connectivity index (χ1) is 19.4. The van der Waals surface area contributed by atoms with Crippen molar-refractivity contribution in [3.8, 4) is 5.75 Å². The minimum absolute atomic E-state index is 0.0514. The molecule has 2 fully saturated rings. The second-order valence-electron chi connectivity index (χ2n) is 11.0. The van der Waals surface area contributed by atoms with Crippen LogP contribution in [0.15, 0.2) is 53.9 Å². The summed E-state index contributed by atoms with van der Waals surface area (Å²) in [5.41, 5.74) is 6.66. The van der Waals surface area contributed by atoms with E-state index in [4.69, 9.17) is 10.5 Å². The molecule has 5 rings (SSSR count). The molecule has 7 nitrogen and oxygen atoms in total. The fourth-order valence-corrected chi connectivity index (χ4v) is 7.59. The molecule has 3 heterocycles. The van der Waals surface area contributed by atoms with Crippen LogP contribution in [0.1, 0.15) is 63.5 Å². The second kappa shape index (κ2) is 13.3. The van der Waals surface area contributed by atoms with Gasteiger partial charge in [0.2, 0.25) is 5.91 Å². The van der Waals surface area contributed by atoms with Crippen LogP contribution in [0.2, 0.25) is 0 Å². The molecule has 2 atom stereocenters. The Morgan fingerprint density at radius 2 is 1.85 bits per heavy atom. The van der Waals surface area contributed by atoms with Crippen LogP contribution in [0.4, 0.5) is 0 Å². The quantitative estimate of drug-likeness (QED) is 0.364. The van der Waals surface area contributed by atoms with Crippen molar-refractivity contribution < 1.29 is 14.3 Å². The molecule has 0 radical (unpaired) electrons. The lowest BCUT2D eigenvalue weighted by Gasteiger charge is -2.43. The topological polar surface area (TPSA) is 87.9 Å². The zero-order valence-electron chi connectivity index (χ0n) is 23.4. The number of amides is 2. The van der Waals surface area contributed by atoms with Crippen LogP contribution in [-0.4, -0.2) is 59.4 Å². The Labute approximate surface area is 245 Å². The third kappa shape index (κ3) is 7.13. The van der Waals surface area contributed by atoms with Gasteiger partial charge in [0, 0.05) is 58.0 Å². The molecule has 2 aromatic heterocycles. The van der Waals surface area contributed by atoms with Crippen LogP contribution in [0.3, 0.4) is 0 Å². The summed E-state index contributed by atoms with van der Waals surface area (Å²) in [4.78, 5) is 35.9. The Morgan fingerprint density at radius 1 is 1.05 bits per heavy atom. The number of thiophene rings is 2. The number of aryl methyl sites for hydroxylation is 1. The van der Waals surface area contributed by atoms with Gasteiger partial charge in [-0.1, -0.05) is 12.1 Å². The molecule has 1 aliphatic heterocycles. The van der Waals surface area contributed by atoms with E-state index in [0.29, 0.717) is 24.3 Å². The molecule has 1 aliphatic carbocycles. The van der Waals surface area contributed by atoms with E-state index >= 15 is 0 Å². The van der Waals surface area contributed by atoms with E-state index in [1.165, 1.54) is 14.6 Å². The highest BCUT2D eigenvalue weighted by atomic mass is 32.1. The zero-order chi connectivity index (χ0) is 28.1. The predicted octanol–water partition coefficient (Wildman–Crippen LogP) is 5.19. The van der Waals surface area contributed by atoms with E-state index in [9.17, 15) is 9.59 Å². The van der Waals surface area contributed by atoms with Crippen LogP contribution in [0, 0.1) is 6.92 Å². The van der Waals surface area contributed by atoms with Gasteiger partial charge in [0.25, 0.3) is 5.91 Å². The van der Waals surface area contributed by atoms with Gasteiger partial charge >= 0.3 is 0 Å². The van der Waals surface area contributed by atoms with E-state index in [-0.39, 0.29) is 29.9 Å². The molecule has 3 N–H and O–H groups in total. The molecule has 214 valence electrons. The number of piperidine rings is 1. The molecule has 1 unspecified atom stereocenters. The minimum atomic E-state index is -0.538. The average molecular weight is 581 g/mol. The fraction of sp³-hybridized carbons (Fsp3) is 0.484. The maximum Gasteiger partial charge on any atom is 0.254 e. The standard InChI is InChI=1S/C31H40N4O3S2/c1-21-8-13-28(40-21)20-34(19-27-7-4-16-39-27)25-14-15-35(31(37)22-5-3-6-26(17-22)38-2)29(18-25)30(36)33-24-11-9-23(32)10-12-24/h3-8,13,16-17,23-25,29H,9-12,14-15,18-20,32H2,1-2H3,(H,33,36)/t23?,24?,25?,29-/m1/s1. The second-order valence-corrected chi connectivity index (χ2v) is 13.4. The number of benzene rings is 1. The lowest BCUT2D eigenvalue weighted by atomic mass is 9.90. The molecule has 2 amide bonds. The molecule has 9 heteroatoms. The summed E-state index contributed by atoms with van der Waals surface area (Å²) in [5.74, 6) is 0.458. The van der Waals surface area contributed by atoms with E-state index in [0.717, 1.165) is 45.2 Å². The molecule has 1 saturated heterocycles. The molecule has 3 aromatic rings. The largest absolute Gasteiger partial charge is 0.497 e. The Hall–Kier alpha value is -2.72. The van der Waals surface area contributed by atoms with Crippen molar-refractivity contribution in [1.29, 1.82) is 0 Å². The van der Waals surface area contributed by atoms with Gasteiger partial charge in [-0.25, -0.2) is 0 Å². The number of methoxy groups -OCH3 is 1. The molecular weight excluding hydrogens is 541 g/mol. The number of hydrogen-bond acceptors (Lipinski definition) is 7. The van der Waals surface area contributed by atoms with Gasteiger partial charge in [-0.2, -0.15) is 0 Å². The summed E-state index contributed by atoms with van der Waals surface area (Å²) < 4.78 is 5.37. The lowest BCUT2D eigenvalue weighted by Crippen LogP contribution is -2.58.